The molecule has 0 atom stereocenters. The minimum Gasteiger partial charge on any atom is -0.388 e. The van der Waals surface area contributed by atoms with Crippen molar-refractivity contribution in [2.75, 3.05) is 19.8 Å². The molecular weight excluding hydrogens is 292 g/mol. The summed E-state index contributed by atoms with van der Waals surface area (Å²) in [5, 5.41) is 13.4. The number of hydrogen-bond donors (Lipinski definition) is 2. The van der Waals surface area contributed by atoms with Crippen LogP contribution in [0.5, 0.6) is 0 Å². The SMILES string of the molecule is CC(C)c1cc(C(=O)NCC2(O)CCOCC2)cc(Cl)n1. The van der Waals surface area contributed by atoms with E-state index in [0.717, 1.165) is 5.69 Å². The van der Waals surface area contributed by atoms with Crippen LogP contribution in [-0.2, 0) is 4.74 Å². The number of hydrogen-bond acceptors (Lipinski definition) is 4. The van der Waals surface area contributed by atoms with Crippen LogP contribution in [0.15, 0.2) is 12.1 Å². The van der Waals surface area contributed by atoms with E-state index < -0.39 is 5.60 Å². The molecular formula is C15H21ClN2O3. The van der Waals surface area contributed by atoms with Crippen molar-refractivity contribution < 1.29 is 14.6 Å². The van der Waals surface area contributed by atoms with Crippen LogP contribution >= 0.6 is 11.6 Å². The summed E-state index contributed by atoms with van der Waals surface area (Å²) in [5.74, 6) is -0.0592. The fourth-order valence-corrected chi connectivity index (χ4v) is 2.43. The Hall–Kier alpha value is -1.17. The number of nitrogens with one attached hydrogen (secondary N) is 1. The van der Waals surface area contributed by atoms with Crippen molar-refractivity contribution >= 4 is 17.5 Å². The highest BCUT2D eigenvalue weighted by Crippen LogP contribution is 2.20. The van der Waals surface area contributed by atoms with Crippen LogP contribution < -0.4 is 5.32 Å². The molecule has 2 N–H and O–H groups in total. The van der Waals surface area contributed by atoms with E-state index in [1.165, 1.54) is 6.07 Å². The lowest BCUT2D eigenvalue weighted by Crippen LogP contribution is -2.46. The third-order valence-corrected chi connectivity index (χ3v) is 3.86. The van der Waals surface area contributed by atoms with Crippen molar-refractivity contribution in [3.63, 3.8) is 0 Å². The molecule has 0 radical (unpaired) electrons. The third-order valence-electron chi connectivity index (χ3n) is 3.67. The van der Waals surface area contributed by atoms with E-state index >= 15 is 0 Å². The maximum absolute atomic E-state index is 12.2. The van der Waals surface area contributed by atoms with Gasteiger partial charge in [0.05, 0.1) is 5.60 Å². The predicted octanol–water partition coefficient (Wildman–Crippen LogP) is 2.13. The van der Waals surface area contributed by atoms with Gasteiger partial charge in [0, 0.05) is 43.9 Å². The first-order valence-electron chi connectivity index (χ1n) is 7.15. The Bertz CT molecular complexity index is 514. The van der Waals surface area contributed by atoms with E-state index in [4.69, 9.17) is 16.3 Å². The van der Waals surface area contributed by atoms with Crippen LogP contribution in [0, 0.1) is 0 Å². The number of carbonyl (C=O) groups excluding carboxylic acids is 1. The van der Waals surface area contributed by atoms with Crippen LogP contribution in [0.25, 0.3) is 0 Å². The number of amides is 1. The minimum absolute atomic E-state index is 0.190. The zero-order chi connectivity index (χ0) is 15.5. The molecule has 2 heterocycles. The molecule has 0 spiro atoms. The zero-order valence-corrected chi connectivity index (χ0v) is 13.1. The number of aliphatic hydroxyl groups is 1. The summed E-state index contributed by atoms with van der Waals surface area (Å²) in [6.07, 6.45) is 1.06. The lowest BCUT2D eigenvalue weighted by atomic mass is 9.94. The zero-order valence-electron chi connectivity index (χ0n) is 12.4. The van der Waals surface area contributed by atoms with Crippen LogP contribution in [0.2, 0.25) is 5.15 Å². The Labute approximate surface area is 129 Å². The minimum atomic E-state index is -0.883. The Kier molecular flexibility index (Phi) is 5.19. The smallest absolute Gasteiger partial charge is 0.251 e. The standard InChI is InChI=1S/C15H21ClN2O3/c1-10(2)12-7-11(8-13(16)18-12)14(19)17-9-15(20)3-5-21-6-4-15/h7-8,10,20H,3-6,9H2,1-2H3,(H,17,19). The quantitative estimate of drug-likeness (QED) is 0.836. The van der Waals surface area contributed by atoms with Crippen molar-refractivity contribution in [3.05, 3.63) is 28.5 Å². The highest BCUT2D eigenvalue weighted by Gasteiger charge is 2.30. The molecule has 1 aromatic rings. The van der Waals surface area contributed by atoms with Gasteiger partial charge in [-0.05, 0) is 18.1 Å². The van der Waals surface area contributed by atoms with Crippen molar-refractivity contribution in [1.82, 2.24) is 10.3 Å². The summed E-state index contributed by atoms with van der Waals surface area (Å²) in [4.78, 5) is 16.4. The second kappa shape index (κ2) is 6.73. The number of nitrogens with zero attached hydrogens (tertiary/aromatic N) is 1. The van der Waals surface area contributed by atoms with Crippen LogP contribution in [0.4, 0.5) is 0 Å². The van der Waals surface area contributed by atoms with Gasteiger partial charge in [0.2, 0.25) is 0 Å². The molecule has 5 nitrogen and oxygen atoms in total. The number of rotatable bonds is 4. The molecule has 1 fully saturated rings. The number of ether oxygens (including phenoxy) is 1. The Morgan fingerprint density at radius 1 is 1.48 bits per heavy atom. The van der Waals surface area contributed by atoms with E-state index in [-0.39, 0.29) is 18.4 Å². The summed E-state index contributed by atoms with van der Waals surface area (Å²) >= 11 is 5.96. The Morgan fingerprint density at radius 2 is 2.14 bits per heavy atom. The molecule has 2 rings (SSSR count). The molecule has 0 saturated carbocycles. The van der Waals surface area contributed by atoms with Gasteiger partial charge >= 0.3 is 0 Å². The van der Waals surface area contributed by atoms with E-state index in [1.807, 2.05) is 13.8 Å². The Balaban J connectivity index is 2.03. The first kappa shape index (κ1) is 16.2. The van der Waals surface area contributed by atoms with Gasteiger partial charge in [-0.3, -0.25) is 4.79 Å². The van der Waals surface area contributed by atoms with Gasteiger partial charge in [0.25, 0.3) is 5.91 Å². The van der Waals surface area contributed by atoms with E-state index in [0.29, 0.717) is 36.8 Å². The lowest BCUT2D eigenvalue weighted by Gasteiger charge is -2.32. The van der Waals surface area contributed by atoms with Gasteiger partial charge in [-0.1, -0.05) is 25.4 Å². The monoisotopic (exact) mass is 312 g/mol. The highest BCUT2D eigenvalue weighted by atomic mass is 35.5. The van der Waals surface area contributed by atoms with Crippen molar-refractivity contribution in [3.8, 4) is 0 Å². The molecule has 1 aliphatic heterocycles. The van der Waals surface area contributed by atoms with Crippen molar-refractivity contribution in [1.29, 1.82) is 0 Å². The Morgan fingerprint density at radius 3 is 2.76 bits per heavy atom. The largest absolute Gasteiger partial charge is 0.388 e. The molecule has 116 valence electrons. The normalized spacial score (nSPS) is 17.8. The molecule has 0 aromatic carbocycles. The molecule has 1 aromatic heterocycles. The number of pyridine rings is 1. The van der Waals surface area contributed by atoms with E-state index in [9.17, 15) is 9.90 Å². The maximum Gasteiger partial charge on any atom is 0.251 e. The van der Waals surface area contributed by atoms with Crippen molar-refractivity contribution in [2.24, 2.45) is 0 Å². The highest BCUT2D eigenvalue weighted by molar-refractivity contribution is 6.29. The first-order chi connectivity index (χ1) is 9.89. The van der Waals surface area contributed by atoms with Crippen LogP contribution in [0.3, 0.4) is 0 Å². The average Bonchev–Trinajstić information content (AvgIpc) is 2.45. The van der Waals surface area contributed by atoms with Gasteiger partial charge < -0.3 is 15.2 Å². The summed E-state index contributed by atoms with van der Waals surface area (Å²) in [7, 11) is 0. The van der Waals surface area contributed by atoms with E-state index in [1.54, 1.807) is 6.07 Å². The van der Waals surface area contributed by atoms with Gasteiger partial charge in [-0.2, -0.15) is 0 Å². The molecule has 1 saturated heterocycles. The second-order valence-electron chi connectivity index (χ2n) is 5.78. The number of aromatic nitrogens is 1. The fraction of sp³-hybridized carbons (Fsp3) is 0.600. The molecule has 0 bridgehead atoms. The first-order valence-corrected chi connectivity index (χ1v) is 7.53. The third kappa shape index (κ3) is 4.40. The van der Waals surface area contributed by atoms with Gasteiger partial charge in [-0.25, -0.2) is 4.98 Å². The maximum atomic E-state index is 12.2. The molecule has 1 aliphatic rings. The molecule has 6 heteroatoms. The van der Waals surface area contributed by atoms with Crippen LogP contribution in [-0.4, -0.2) is 41.4 Å². The topological polar surface area (TPSA) is 71.5 Å². The number of carbonyl (C=O) groups is 1. The van der Waals surface area contributed by atoms with Crippen LogP contribution in [0.1, 0.15) is 48.7 Å². The van der Waals surface area contributed by atoms with Crippen molar-refractivity contribution in [2.45, 2.75) is 38.2 Å². The molecule has 1 amide bonds. The predicted molar refractivity (Wildman–Crippen MR) is 80.7 cm³/mol. The summed E-state index contributed by atoms with van der Waals surface area (Å²) in [6, 6.07) is 3.27. The van der Waals surface area contributed by atoms with Gasteiger partial charge in [-0.15, -0.1) is 0 Å². The van der Waals surface area contributed by atoms with E-state index in [2.05, 4.69) is 10.3 Å². The fourth-order valence-electron chi connectivity index (χ4n) is 2.22. The second-order valence-corrected chi connectivity index (χ2v) is 6.16. The van der Waals surface area contributed by atoms with Gasteiger partial charge in [0.15, 0.2) is 0 Å². The average molecular weight is 313 g/mol. The summed E-state index contributed by atoms with van der Waals surface area (Å²) in [5.41, 5.74) is 0.359. The lowest BCUT2D eigenvalue weighted by molar-refractivity contribution is -0.0605. The molecule has 0 aliphatic carbocycles. The summed E-state index contributed by atoms with van der Waals surface area (Å²) < 4.78 is 5.22. The summed E-state index contributed by atoms with van der Waals surface area (Å²) in [6.45, 7) is 5.23. The van der Waals surface area contributed by atoms with Gasteiger partial charge in [0.1, 0.15) is 5.15 Å². The molecule has 21 heavy (non-hydrogen) atoms. The number of halogens is 1. The molecule has 0 unspecified atom stereocenters.